The third kappa shape index (κ3) is 2.41. The van der Waals surface area contributed by atoms with Crippen molar-refractivity contribution in [2.75, 3.05) is 0 Å². The molecule has 88 valence electrons. The van der Waals surface area contributed by atoms with E-state index in [-0.39, 0.29) is 0 Å². The Balaban J connectivity index is 2.59. The molecule has 0 heterocycles. The van der Waals surface area contributed by atoms with Crippen LogP contribution >= 0.6 is 0 Å². The van der Waals surface area contributed by atoms with Crippen molar-refractivity contribution in [1.82, 2.24) is 0 Å². The quantitative estimate of drug-likeness (QED) is 0.703. The van der Waals surface area contributed by atoms with Gasteiger partial charge in [-0.2, -0.15) is 0 Å². The largest absolute Gasteiger partial charge is 0.0614 e. The molecule has 0 radical (unpaired) electrons. The van der Waals surface area contributed by atoms with Crippen LogP contribution in [0.15, 0.2) is 42.5 Å². The minimum Gasteiger partial charge on any atom is -0.0614 e. The Bertz CT molecular complexity index is 509. The highest BCUT2D eigenvalue weighted by atomic mass is 14.1. The summed E-state index contributed by atoms with van der Waals surface area (Å²) in [5.74, 6) is 0. The summed E-state index contributed by atoms with van der Waals surface area (Å²) >= 11 is 0. The summed E-state index contributed by atoms with van der Waals surface area (Å²) in [6.45, 7) is 6.63. The summed E-state index contributed by atoms with van der Waals surface area (Å²) in [7, 11) is 0. The van der Waals surface area contributed by atoms with Gasteiger partial charge in [0.2, 0.25) is 0 Å². The second-order valence-electron chi connectivity index (χ2n) is 4.52. The zero-order valence-electron chi connectivity index (χ0n) is 11.0. The van der Waals surface area contributed by atoms with Crippen LogP contribution in [0, 0.1) is 6.92 Å². The minimum atomic E-state index is 1.10. The highest BCUT2D eigenvalue weighted by molar-refractivity contribution is 5.69. The summed E-state index contributed by atoms with van der Waals surface area (Å²) < 4.78 is 0. The van der Waals surface area contributed by atoms with Crippen molar-refractivity contribution in [2.45, 2.75) is 33.6 Å². The fourth-order valence-electron chi connectivity index (χ4n) is 2.47. The summed E-state index contributed by atoms with van der Waals surface area (Å²) in [5.41, 5.74) is 7.05. The molecule has 0 aliphatic carbocycles. The van der Waals surface area contributed by atoms with E-state index >= 15 is 0 Å². The van der Waals surface area contributed by atoms with Gasteiger partial charge in [-0.15, -0.1) is 0 Å². The average molecular weight is 224 g/mol. The van der Waals surface area contributed by atoms with Gasteiger partial charge in [-0.05, 0) is 42.0 Å². The van der Waals surface area contributed by atoms with Crippen LogP contribution in [0.4, 0.5) is 0 Å². The van der Waals surface area contributed by atoms with Crippen molar-refractivity contribution < 1.29 is 0 Å². The van der Waals surface area contributed by atoms with Gasteiger partial charge < -0.3 is 0 Å². The van der Waals surface area contributed by atoms with Gasteiger partial charge in [-0.25, -0.2) is 0 Å². The Hall–Kier alpha value is -1.56. The lowest BCUT2D eigenvalue weighted by atomic mass is 9.92. The van der Waals surface area contributed by atoms with Crippen molar-refractivity contribution in [1.29, 1.82) is 0 Å². The molecule has 0 spiro atoms. The lowest BCUT2D eigenvalue weighted by molar-refractivity contribution is 1.04. The Morgan fingerprint density at radius 1 is 0.882 bits per heavy atom. The molecule has 0 heteroatoms. The molecular weight excluding hydrogens is 204 g/mol. The van der Waals surface area contributed by atoms with E-state index in [0.717, 1.165) is 12.8 Å². The molecule has 0 nitrogen and oxygen atoms in total. The predicted octanol–water partition coefficient (Wildman–Crippen LogP) is 4.79. The molecule has 0 aliphatic heterocycles. The minimum absolute atomic E-state index is 1.10. The second-order valence-corrected chi connectivity index (χ2v) is 4.52. The fourth-order valence-corrected chi connectivity index (χ4v) is 2.47. The third-order valence-electron chi connectivity index (χ3n) is 3.34. The summed E-state index contributed by atoms with van der Waals surface area (Å²) in [5, 5.41) is 0. The van der Waals surface area contributed by atoms with Crippen LogP contribution in [0.2, 0.25) is 0 Å². The van der Waals surface area contributed by atoms with Gasteiger partial charge in [-0.1, -0.05) is 61.9 Å². The molecule has 0 amide bonds. The summed E-state index contributed by atoms with van der Waals surface area (Å²) in [4.78, 5) is 0. The van der Waals surface area contributed by atoms with Gasteiger partial charge in [0.1, 0.15) is 0 Å². The molecule has 0 aromatic heterocycles. The van der Waals surface area contributed by atoms with E-state index in [1.165, 1.54) is 27.8 Å². The molecule has 0 saturated heterocycles. The molecule has 0 N–H and O–H groups in total. The first kappa shape index (κ1) is 11.9. The van der Waals surface area contributed by atoms with E-state index < -0.39 is 0 Å². The third-order valence-corrected chi connectivity index (χ3v) is 3.34. The molecule has 2 aromatic carbocycles. The zero-order chi connectivity index (χ0) is 12.3. The van der Waals surface area contributed by atoms with E-state index in [0.29, 0.717) is 0 Å². The van der Waals surface area contributed by atoms with Crippen LogP contribution in [-0.4, -0.2) is 0 Å². The van der Waals surface area contributed by atoms with Crippen LogP contribution in [0.5, 0.6) is 0 Å². The monoisotopic (exact) mass is 224 g/mol. The molecule has 0 saturated carbocycles. The van der Waals surface area contributed by atoms with Crippen molar-refractivity contribution in [3.8, 4) is 11.1 Å². The Kier molecular flexibility index (Phi) is 3.63. The maximum absolute atomic E-state index is 2.27. The van der Waals surface area contributed by atoms with Crippen LogP contribution in [-0.2, 0) is 12.8 Å². The normalized spacial score (nSPS) is 10.5. The maximum Gasteiger partial charge on any atom is -0.0149 e. The van der Waals surface area contributed by atoms with Gasteiger partial charge in [-0.3, -0.25) is 0 Å². The smallest absolute Gasteiger partial charge is 0.0149 e. The van der Waals surface area contributed by atoms with E-state index in [4.69, 9.17) is 0 Å². The molecule has 2 rings (SSSR count). The molecule has 0 bridgehead atoms. The van der Waals surface area contributed by atoms with E-state index in [1.54, 1.807) is 0 Å². The second kappa shape index (κ2) is 5.18. The van der Waals surface area contributed by atoms with Crippen LogP contribution in [0.1, 0.15) is 30.5 Å². The number of aryl methyl sites for hydroxylation is 2. The lowest BCUT2D eigenvalue weighted by Gasteiger charge is -2.13. The molecule has 0 unspecified atom stereocenters. The summed E-state index contributed by atoms with van der Waals surface area (Å²) in [6.07, 6.45) is 2.22. The fraction of sp³-hybridized carbons (Fsp3) is 0.294. The van der Waals surface area contributed by atoms with Crippen molar-refractivity contribution >= 4 is 0 Å². The highest BCUT2D eigenvalue weighted by Crippen LogP contribution is 2.27. The van der Waals surface area contributed by atoms with Gasteiger partial charge in [0.05, 0.1) is 0 Å². The lowest BCUT2D eigenvalue weighted by Crippen LogP contribution is -1.94. The van der Waals surface area contributed by atoms with Crippen LogP contribution in [0.25, 0.3) is 11.1 Å². The first-order valence-electron chi connectivity index (χ1n) is 6.44. The molecule has 2 aromatic rings. The zero-order valence-corrected chi connectivity index (χ0v) is 11.0. The van der Waals surface area contributed by atoms with E-state index in [2.05, 4.69) is 63.2 Å². The molecular formula is C17H20. The molecule has 0 aliphatic rings. The first-order chi connectivity index (χ1) is 8.26. The Labute approximate surface area is 104 Å². The first-order valence-corrected chi connectivity index (χ1v) is 6.44. The van der Waals surface area contributed by atoms with Crippen molar-refractivity contribution in [2.24, 2.45) is 0 Å². The number of benzene rings is 2. The van der Waals surface area contributed by atoms with Gasteiger partial charge in [0.25, 0.3) is 0 Å². The van der Waals surface area contributed by atoms with Crippen molar-refractivity contribution in [3.63, 3.8) is 0 Å². The standard InChI is InChI=1S/C17H20/c1-4-14-9-7-11-17(16(14)5-2)15-10-6-8-13(3)12-15/h6-12H,4-5H2,1-3H3. The van der Waals surface area contributed by atoms with Gasteiger partial charge in [0, 0.05) is 0 Å². The SMILES string of the molecule is CCc1cccc(-c2cccc(C)c2)c1CC. The number of rotatable bonds is 3. The number of hydrogen-bond acceptors (Lipinski definition) is 0. The van der Waals surface area contributed by atoms with Gasteiger partial charge in [0.15, 0.2) is 0 Å². The average Bonchev–Trinajstić information content (AvgIpc) is 2.37. The summed E-state index contributed by atoms with van der Waals surface area (Å²) in [6, 6.07) is 15.4. The molecule has 0 atom stereocenters. The highest BCUT2D eigenvalue weighted by Gasteiger charge is 2.07. The van der Waals surface area contributed by atoms with E-state index in [9.17, 15) is 0 Å². The van der Waals surface area contributed by atoms with Crippen LogP contribution in [0.3, 0.4) is 0 Å². The van der Waals surface area contributed by atoms with Crippen molar-refractivity contribution in [3.05, 3.63) is 59.2 Å². The van der Waals surface area contributed by atoms with Crippen LogP contribution < -0.4 is 0 Å². The number of hydrogen-bond donors (Lipinski definition) is 0. The van der Waals surface area contributed by atoms with Gasteiger partial charge >= 0.3 is 0 Å². The molecule has 0 fully saturated rings. The maximum atomic E-state index is 2.27. The Morgan fingerprint density at radius 3 is 2.29 bits per heavy atom. The topological polar surface area (TPSA) is 0 Å². The van der Waals surface area contributed by atoms with E-state index in [1.807, 2.05) is 0 Å². The molecule has 17 heavy (non-hydrogen) atoms. The Morgan fingerprint density at radius 2 is 1.65 bits per heavy atom. The predicted molar refractivity (Wildman–Crippen MR) is 75.4 cm³/mol.